The molecule has 3 heterocycles. The van der Waals surface area contributed by atoms with E-state index < -0.39 is 0 Å². The van der Waals surface area contributed by atoms with Gasteiger partial charge in [-0.1, -0.05) is 30.3 Å². The lowest BCUT2D eigenvalue weighted by Crippen LogP contribution is -2.35. The molecule has 0 radical (unpaired) electrons. The Kier molecular flexibility index (Phi) is 3.07. The molecule has 1 atom stereocenters. The van der Waals surface area contributed by atoms with Gasteiger partial charge in [0.05, 0.1) is 5.39 Å². The summed E-state index contributed by atoms with van der Waals surface area (Å²) in [5, 5.41) is 1.12. The number of anilines is 1. The van der Waals surface area contributed by atoms with Crippen LogP contribution in [-0.4, -0.2) is 28.0 Å². The Bertz CT molecular complexity index is 735. The highest BCUT2D eigenvalue weighted by molar-refractivity contribution is 5.87. The number of aromatic amines is 1. The summed E-state index contributed by atoms with van der Waals surface area (Å²) in [6.45, 7) is 2.10. The van der Waals surface area contributed by atoms with Crippen molar-refractivity contribution in [3.63, 3.8) is 0 Å². The van der Waals surface area contributed by atoms with Crippen molar-refractivity contribution < 1.29 is 0 Å². The fourth-order valence-corrected chi connectivity index (χ4v) is 3.28. The second-order valence-electron chi connectivity index (χ2n) is 5.63. The van der Waals surface area contributed by atoms with Gasteiger partial charge < -0.3 is 9.88 Å². The highest BCUT2D eigenvalue weighted by atomic mass is 15.2. The van der Waals surface area contributed by atoms with E-state index in [1.165, 1.54) is 18.4 Å². The summed E-state index contributed by atoms with van der Waals surface area (Å²) in [4.78, 5) is 14.4. The minimum Gasteiger partial charge on any atom is -0.355 e. The van der Waals surface area contributed by atoms with Crippen LogP contribution in [0.15, 0.2) is 48.9 Å². The zero-order valence-electron chi connectivity index (χ0n) is 11.9. The Balaban J connectivity index is 1.65. The zero-order chi connectivity index (χ0) is 14.1. The third kappa shape index (κ3) is 2.27. The van der Waals surface area contributed by atoms with Crippen LogP contribution in [0.25, 0.3) is 11.0 Å². The Morgan fingerprint density at radius 3 is 2.90 bits per heavy atom. The molecule has 21 heavy (non-hydrogen) atoms. The Morgan fingerprint density at radius 1 is 1.10 bits per heavy atom. The van der Waals surface area contributed by atoms with Crippen LogP contribution in [0.5, 0.6) is 0 Å². The van der Waals surface area contributed by atoms with Crippen LogP contribution in [-0.2, 0) is 0 Å². The average molecular weight is 278 g/mol. The number of hydrogen-bond acceptors (Lipinski definition) is 3. The Morgan fingerprint density at radius 2 is 2.00 bits per heavy atom. The zero-order valence-corrected chi connectivity index (χ0v) is 11.9. The first kappa shape index (κ1) is 12.4. The van der Waals surface area contributed by atoms with Crippen molar-refractivity contribution in [1.29, 1.82) is 0 Å². The lowest BCUT2D eigenvalue weighted by atomic mass is 9.90. The first-order valence-electron chi connectivity index (χ1n) is 7.50. The summed E-state index contributed by atoms with van der Waals surface area (Å²) in [5.41, 5.74) is 2.35. The first-order chi connectivity index (χ1) is 10.4. The number of hydrogen-bond donors (Lipinski definition) is 1. The summed E-state index contributed by atoms with van der Waals surface area (Å²) < 4.78 is 0. The topological polar surface area (TPSA) is 44.8 Å². The maximum atomic E-state index is 4.53. The number of piperidine rings is 1. The first-order valence-corrected chi connectivity index (χ1v) is 7.50. The van der Waals surface area contributed by atoms with E-state index in [1.54, 1.807) is 6.33 Å². The van der Waals surface area contributed by atoms with Crippen molar-refractivity contribution in [2.75, 3.05) is 18.0 Å². The van der Waals surface area contributed by atoms with E-state index in [0.717, 1.165) is 29.9 Å². The molecule has 3 aromatic rings. The van der Waals surface area contributed by atoms with Crippen molar-refractivity contribution in [2.45, 2.75) is 18.8 Å². The van der Waals surface area contributed by atoms with Gasteiger partial charge in [0.15, 0.2) is 0 Å². The molecule has 0 unspecified atom stereocenters. The predicted octanol–water partition coefficient (Wildman–Crippen LogP) is 3.34. The molecular weight excluding hydrogens is 260 g/mol. The molecule has 0 amide bonds. The van der Waals surface area contributed by atoms with Gasteiger partial charge >= 0.3 is 0 Å². The minimum atomic E-state index is 0.587. The van der Waals surface area contributed by atoms with Crippen LogP contribution in [0, 0.1) is 0 Å². The van der Waals surface area contributed by atoms with Gasteiger partial charge in [-0.2, -0.15) is 0 Å². The molecule has 4 rings (SSSR count). The number of H-pyrrole nitrogens is 1. The minimum absolute atomic E-state index is 0.587. The van der Waals surface area contributed by atoms with Crippen LogP contribution in [0.4, 0.5) is 5.82 Å². The monoisotopic (exact) mass is 278 g/mol. The number of rotatable bonds is 2. The quantitative estimate of drug-likeness (QED) is 0.782. The van der Waals surface area contributed by atoms with E-state index in [2.05, 4.69) is 56.3 Å². The molecule has 4 heteroatoms. The molecule has 1 aromatic carbocycles. The van der Waals surface area contributed by atoms with Crippen molar-refractivity contribution >= 4 is 16.9 Å². The lowest BCUT2D eigenvalue weighted by Gasteiger charge is -2.34. The highest BCUT2D eigenvalue weighted by Crippen LogP contribution is 2.31. The molecule has 1 saturated heterocycles. The molecule has 0 bridgehead atoms. The summed E-state index contributed by atoms with van der Waals surface area (Å²) in [7, 11) is 0. The number of nitrogens with one attached hydrogen (secondary N) is 1. The largest absolute Gasteiger partial charge is 0.355 e. The van der Waals surface area contributed by atoms with Crippen LogP contribution in [0.3, 0.4) is 0 Å². The molecule has 2 aromatic heterocycles. The number of fused-ring (bicyclic) bond motifs is 1. The average Bonchev–Trinajstić information content (AvgIpc) is 3.04. The normalized spacial score (nSPS) is 19.0. The van der Waals surface area contributed by atoms with Gasteiger partial charge in [-0.15, -0.1) is 0 Å². The fraction of sp³-hybridized carbons (Fsp3) is 0.294. The molecule has 1 aliphatic heterocycles. The predicted molar refractivity (Wildman–Crippen MR) is 84.5 cm³/mol. The third-order valence-corrected chi connectivity index (χ3v) is 4.32. The molecule has 4 nitrogen and oxygen atoms in total. The SMILES string of the molecule is c1ccc([C@H]2CCCN(c3ncnc4[nH]ccc34)C2)cc1. The van der Waals surface area contributed by atoms with E-state index in [-0.39, 0.29) is 0 Å². The maximum Gasteiger partial charge on any atom is 0.142 e. The van der Waals surface area contributed by atoms with E-state index in [4.69, 9.17) is 0 Å². The van der Waals surface area contributed by atoms with Crippen LogP contribution >= 0.6 is 0 Å². The maximum absolute atomic E-state index is 4.53. The smallest absolute Gasteiger partial charge is 0.142 e. The summed E-state index contributed by atoms with van der Waals surface area (Å²) in [6.07, 6.45) is 6.04. The van der Waals surface area contributed by atoms with Crippen molar-refractivity contribution in [3.05, 3.63) is 54.5 Å². The summed E-state index contributed by atoms with van der Waals surface area (Å²) in [5.74, 6) is 1.64. The Labute approximate surface area is 123 Å². The van der Waals surface area contributed by atoms with Gasteiger partial charge in [-0.25, -0.2) is 9.97 Å². The standard InChI is InChI=1S/C17H18N4/c1-2-5-13(6-3-1)14-7-4-10-21(11-14)17-15-8-9-18-16(15)19-12-20-17/h1-3,5-6,8-9,12,14H,4,7,10-11H2,(H,18,19,20)/t14-/m0/s1. The van der Waals surface area contributed by atoms with Gasteiger partial charge in [0.25, 0.3) is 0 Å². The highest BCUT2D eigenvalue weighted by Gasteiger charge is 2.23. The molecule has 0 saturated carbocycles. The summed E-state index contributed by atoms with van der Waals surface area (Å²) >= 11 is 0. The third-order valence-electron chi connectivity index (χ3n) is 4.32. The van der Waals surface area contributed by atoms with Crippen LogP contribution < -0.4 is 4.90 Å². The van der Waals surface area contributed by atoms with Crippen LogP contribution in [0.2, 0.25) is 0 Å². The second-order valence-corrected chi connectivity index (χ2v) is 5.63. The second kappa shape index (κ2) is 5.20. The fourth-order valence-electron chi connectivity index (χ4n) is 3.28. The van der Waals surface area contributed by atoms with Crippen molar-refractivity contribution in [2.24, 2.45) is 0 Å². The van der Waals surface area contributed by atoms with Crippen molar-refractivity contribution in [1.82, 2.24) is 15.0 Å². The molecular formula is C17H18N4. The van der Waals surface area contributed by atoms with Gasteiger partial charge in [0.2, 0.25) is 0 Å². The van der Waals surface area contributed by atoms with Gasteiger partial charge in [0.1, 0.15) is 17.8 Å². The molecule has 1 fully saturated rings. The Hall–Kier alpha value is -2.36. The van der Waals surface area contributed by atoms with Gasteiger partial charge in [-0.3, -0.25) is 0 Å². The number of nitrogens with zero attached hydrogens (tertiary/aromatic N) is 3. The van der Waals surface area contributed by atoms with E-state index in [1.807, 2.05) is 6.20 Å². The molecule has 106 valence electrons. The summed E-state index contributed by atoms with van der Waals surface area (Å²) in [6, 6.07) is 12.9. The number of benzene rings is 1. The van der Waals surface area contributed by atoms with E-state index >= 15 is 0 Å². The number of aromatic nitrogens is 3. The molecule has 1 aliphatic rings. The van der Waals surface area contributed by atoms with Gasteiger partial charge in [-0.05, 0) is 24.5 Å². The molecule has 0 aliphatic carbocycles. The molecule has 1 N–H and O–H groups in total. The molecule has 0 spiro atoms. The lowest BCUT2D eigenvalue weighted by molar-refractivity contribution is 0.508. The van der Waals surface area contributed by atoms with E-state index in [0.29, 0.717) is 5.92 Å². The van der Waals surface area contributed by atoms with Crippen molar-refractivity contribution in [3.8, 4) is 0 Å². The van der Waals surface area contributed by atoms with E-state index in [9.17, 15) is 0 Å². The van der Waals surface area contributed by atoms with Gasteiger partial charge in [0, 0.05) is 25.2 Å². The van der Waals surface area contributed by atoms with Crippen LogP contribution in [0.1, 0.15) is 24.3 Å².